The number of esters is 3. The first-order valence-electron chi connectivity index (χ1n) is 13.7. The summed E-state index contributed by atoms with van der Waals surface area (Å²) in [5.41, 5.74) is 5.99. The number of amides is 1. The fourth-order valence-corrected chi connectivity index (χ4v) is 7.20. The molecular weight excluding hydrogens is 592 g/mol. The summed E-state index contributed by atoms with van der Waals surface area (Å²) in [6, 6.07) is -2.11. The molecule has 0 bridgehead atoms. The molecule has 3 fully saturated rings. The lowest BCUT2D eigenvalue weighted by atomic mass is 9.94. The van der Waals surface area contributed by atoms with Gasteiger partial charge in [-0.25, -0.2) is 4.79 Å². The average molecular weight is 635 g/mol. The van der Waals surface area contributed by atoms with Crippen molar-refractivity contribution in [2.24, 2.45) is 5.73 Å². The quantitative estimate of drug-likeness (QED) is 0.155. The third kappa shape index (κ3) is 7.82. The summed E-state index contributed by atoms with van der Waals surface area (Å²) in [5, 5.41) is 8.77. The first-order chi connectivity index (χ1) is 19.5. The van der Waals surface area contributed by atoms with Gasteiger partial charge in [-0.3, -0.25) is 19.2 Å². The van der Waals surface area contributed by atoms with E-state index >= 15 is 0 Å². The molecule has 14 nitrogen and oxygen atoms in total. The molecule has 0 saturated carbocycles. The van der Waals surface area contributed by atoms with Crippen molar-refractivity contribution in [3.05, 3.63) is 0 Å². The van der Waals surface area contributed by atoms with Gasteiger partial charge in [-0.05, 0) is 45.7 Å². The van der Waals surface area contributed by atoms with Crippen LogP contribution in [-0.4, -0.2) is 128 Å². The number of thioether (sulfide) groups is 1. The van der Waals surface area contributed by atoms with Crippen LogP contribution in [0.5, 0.6) is 0 Å². The number of thiocarbonyl (C=S) groups is 1. The van der Waals surface area contributed by atoms with E-state index in [9.17, 15) is 29.1 Å². The Balaban J connectivity index is 0.000000782. The smallest absolute Gasteiger partial charge is 0.327 e. The molecule has 0 unspecified atom stereocenters. The number of carboxylic acid groups (broad SMARTS) is 1. The zero-order valence-corrected chi connectivity index (χ0v) is 26.9. The van der Waals surface area contributed by atoms with Crippen molar-refractivity contribution in [1.82, 2.24) is 14.7 Å². The van der Waals surface area contributed by atoms with E-state index in [4.69, 9.17) is 36.9 Å². The molecule has 0 radical (unpaired) electrons. The van der Waals surface area contributed by atoms with Crippen LogP contribution in [0.15, 0.2) is 0 Å². The number of aliphatic carboxylic acids is 1. The monoisotopic (exact) mass is 634 g/mol. The van der Waals surface area contributed by atoms with Crippen molar-refractivity contribution in [2.45, 2.75) is 102 Å². The molecule has 3 aliphatic rings. The van der Waals surface area contributed by atoms with Crippen LogP contribution in [0.25, 0.3) is 0 Å². The molecule has 3 rings (SSSR count). The number of carboxylic acids is 1. The van der Waals surface area contributed by atoms with E-state index in [2.05, 4.69) is 25.7 Å². The number of rotatable bonds is 9. The fraction of sp³-hybridized carbons (Fsp3) is 0.769. The van der Waals surface area contributed by atoms with Crippen LogP contribution in [0.2, 0.25) is 0 Å². The Hall–Kier alpha value is -2.69. The van der Waals surface area contributed by atoms with Gasteiger partial charge in [0.2, 0.25) is 5.91 Å². The Kier molecular flexibility index (Phi) is 12.4. The van der Waals surface area contributed by atoms with Gasteiger partial charge in [0, 0.05) is 25.5 Å². The lowest BCUT2D eigenvalue weighted by molar-refractivity contribution is -0.248. The summed E-state index contributed by atoms with van der Waals surface area (Å²) in [5.74, 6) is -3.89. The molecule has 0 aliphatic carbocycles. The summed E-state index contributed by atoms with van der Waals surface area (Å²) < 4.78 is 21.0. The molecule has 42 heavy (non-hydrogen) atoms. The van der Waals surface area contributed by atoms with Crippen molar-refractivity contribution in [2.75, 3.05) is 26.2 Å². The molecule has 0 aromatic rings. The number of β-lactam (4-membered cyclic amide) rings is 1. The van der Waals surface area contributed by atoms with E-state index in [0.717, 1.165) is 20.8 Å². The second kappa shape index (κ2) is 14.7. The zero-order chi connectivity index (χ0) is 32.1. The minimum Gasteiger partial charge on any atom is -0.480 e. The molecule has 3 saturated heterocycles. The highest BCUT2D eigenvalue weighted by Gasteiger charge is 2.67. The van der Waals surface area contributed by atoms with Crippen molar-refractivity contribution < 1.29 is 48.0 Å². The number of ether oxygens (including phenoxy) is 4. The van der Waals surface area contributed by atoms with Crippen molar-refractivity contribution >= 4 is 58.9 Å². The van der Waals surface area contributed by atoms with E-state index in [1.54, 1.807) is 13.8 Å². The number of hydrogen-bond donors (Lipinski definition) is 2. The van der Waals surface area contributed by atoms with Crippen LogP contribution in [0, 0.1) is 0 Å². The Morgan fingerprint density at radius 2 is 1.52 bits per heavy atom. The maximum atomic E-state index is 13.2. The lowest BCUT2D eigenvalue weighted by Crippen LogP contribution is -2.76. The molecule has 0 spiro atoms. The van der Waals surface area contributed by atoms with Gasteiger partial charge in [-0.1, -0.05) is 20.8 Å². The number of nitrogens with two attached hydrogens (primary N) is 1. The topological polar surface area (TPSA) is 178 Å². The first-order valence-corrected chi connectivity index (χ1v) is 15.0. The largest absolute Gasteiger partial charge is 0.480 e. The standard InChI is InChI=1S/C20H27N3O10S2.C6H15N/c1-7(24)31-10-6-30-16(13(33-9(3)26)12(10)32-8(2)25)22(19(21)34)11-15(27)23-14(18(28)29)20(4,5)35-17(11)23;1-4-7(5-2)6-3/h10-14,16-17H,6H2,1-5H3,(H2,21,34)(H,28,29);4-6H2,1-3H3/t10-,11-,12-,13+,14+,16+,17-;/m1./s1. The zero-order valence-electron chi connectivity index (χ0n) is 25.2. The van der Waals surface area contributed by atoms with E-state index in [-0.39, 0.29) is 11.7 Å². The summed E-state index contributed by atoms with van der Waals surface area (Å²) >= 11 is 6.47. The molecule has 3 heterocycles. The van der Waals surface area contributed by atoms with Gasteiger partial charge >= 0.3 is 23.9 Å². The van der Waals surface area contributed by atoms with Gasteiger partial charge < -0.3 is 44.5 Å². The number of fused-ring (bicyclic) bond motifs is 1. The molecule has 0 aromatic heterocycles. The molecule has 16 heteroatoms. The van der Waals surface area contributed by atoms with E-state index in [1.165, 1.54) is 41.2 Å². The summed E-state index contributed by atoms with van der Waals surface area (Å²) in [6.45, 7) is 16.7. The molecule has 7 atom stereocenters. The van der Waals surface area contributed by atoms with Crippen LogP contribution in [0.1, 0.15) is 55.4 Å². The van der Waals surface area contributed by atoms with Crippen molar-refractivity contribution in [3.63, 3.8) is 0 Å². The number of nitrogens with zero attached hydrogens (tertiary/aromatic N) is 3. The number of hydrogen-bond acceptors (Lipinski definition) is 12. The van der Waals surface area contributed by atoms with Gasteiger partial charge in [0.25, 0.3) is 0 Å². The normalized spacial score (nSPS) is 29.3. The first kappa shape index (κ1) is 35.5. The highest BCUT2D eigenvalue weighted by Crippen LogP contribution is 2.52. The Labute approximate surface area is 255 Å². The van der Waals surface area contributed by atoms with Crippen LogP contribution < -0.4 is 5.73 Å². The average Bonchev–Trinajstić information content (AvgIpc) is 3.12. The van der Waals surface area contributed by atoms with Crippen LogP contribution >= 0.6 is 24.0 Å². The molecular formula is C26H42N4O10S2. The van der Waals surface area contributed by atoms with Gasteiger partial charge in [0.15, 0.2) is 29.7 Å². The van der Waals surface area contributed by atoms with E-state index in [0.29, 0.717) is 0 Å². The predicted molar refractivity (Wildman–Crippen MR) is 156 cm³/mol. The minimum absolute atomic E-state index is 0.283. The van der Waals surface area contributed by atoms with Gasteiger partial charge in [0.05, 0.1) is 6.61 Å². The summed E-state index contributed by atoms with van der Waals surface area (Å²) in [4.78, 5) is 65.3. The summed E-state index contributed by atoms with van der Waals surface area (Å²) in [6.07, 6.45) is -5.08. The van der Waals surface area contributed by atoms with Crippen LogP contribution in [0.4, 0.5) is 0 Å². The third-order valence-corrected chi connectivity index (χ3v) is 8.91. The Morgan fingerprint density at radius 3 is 1.93 bits per heavy atom. The summed E-state index contributed by atoms with van der Waals surface area (Å²) in [7, 11) is 0. The lowest BCUT2D eigenvalue weighted by Gasteiger charge is -2.53. The number of carbonyl (C=O) groups excluding carboxylic acids is 4. The van der Waals surface area contributed by atoms with Crippen molar-refractivity contribution in [1.29, 1.82) is 0 Å². The Bertz CT molecular complexity index is 1050. The van der Waals surface area contributed by atoms with Gasteiger partial charge in [-0.2, -0.15) is 0 Å². The van der Waals surface area contributed by atoms with Gasteiger partial charge in [-0.15, -0.1) is 11.8 Å². The highest BCUT2D eigenvalue weighted by atomic mass is 32.2. The molecule has 3 N–H and O–H groups in total. The molecule has 0 aromatic carbocycles. The van der Waals surface area contributed by atoms with Gasteiger partial charge in [0.1, 0.15) is 17.5 Å². The third-order valence-electron chi connectivity index (χ3n) is 7.14. The highest BCUT2D eigenvalue weighted by molar-refractivity contribution is 8.01. The SMILES string of the molecule is CC(=O)O[C@H]1[C@H](OC(C)=O)[C@@H](N(C(N)=S)[C@@H]2C(=O)N3[C@@H]2SC(C)(C)[C@@H]3C(=O)O)OC[C@H]1OC(C)=O.CCN(CC)CC. The fourth-order valence-electron chi connectivity index (χ4n) is 5.30. The van der Waals surface area contributed by atoms with Crippen LogP contribution in [-0.2, 0) is 42.9 Å². The van der Waals surface area contributed by atoms with Crippen LogP contribution in [0.3, 0.4) is 0 Å². The number of carbonyl (C=O) groups is 5. The predicted octanol–water partition coefficient (Wildman–Crippen LogP) is 0.547. The maximum absolute atomic E-state index is 13.2. The van der Waals surface area contributed by atoms with E-state index < -0.39 is 76.5 Å². The minimum atomic E-state index is -1.38. The van der Waals surface area contributed by atoms with E-state index in [1.807, 2.05) is 0 Å². The molecule has 238 valence electrons. The second-order valence-corrected chi connectivity index (χ2v) is 12.6. The second-order valence-electron chi connectivity index (χ2n) is 10.4. The van der Waals surface area contributed by atoms with Crippen molar-refractivity contribution in [3.8, 4) is 0 Å². The maximum Gasteiger partial charge on any atom is 0.327 e. The molecule has 3 aliphatic heterocycles. The molecule has 1 amide bonds. The Morgan fingerprint density at radius 1 is 1.02 bits per heavy atom.